The van der Waals surface area contributed by atoms with Gasteiger partial charge in [-0.15, -0.1) is 0 Å². The summed E-state index contributed by atoms with van der Waals surface area (Å²) in [4.78, 5) is 36.1. The summed E-state index contributed by atoms with van der Waals surface area (Å²) in [5.41, 5.74) is -0.144. The van der Waals surface area contributed by atoms with Gasteiger partial charge in [0.25, 0.3) is 0 Å². The maximum Gasteiger partial charge on any atom is 0.322 e. The molecule has 0 atom stereocenters. The third kappa shape index (κ3) is 6.64. The van der Waals surface area contributed by atoms with Crippen LogP contribution in [0.1, 0.15) is 27.7 Å². The molecule has 0 saturated heterocycles. The second-order valence-electron chi connectivity index (χ2n) is 6.46. The van der Waals surface area contributed by atoms with Crippen molar-refractivity contribution < 1.29 is 18.8 Å². The summed E-state index contributed by atoms with van der Waals surface area (Å²) < 4.78 is 13.8. The molecule has 0 saturated carbocycles. The third-order valence-electron chi connectivity index (χ3n) is 2.77. The number of halogens is 1. The highest BCUT2D eigenvalue weighted by Gasteiger charge is 2.18. The van der Waals surface area contributed by atoms with Crippen molar-refractivity contribution in [2.75, 3.05) is 24.2 Å². The van der Waals surface area contributed by atoms with Gasteiger partial charge in [0.1, 0.15) is 12.4 Å². The Labute approximate surface area is 140 Å². The van der Waals surface area contributed by atoms with Gasteiger partial charge in [0, 0.05) is 25.2 Å². The molecule has 7 nitrogen and oxygen atoms in total. The van der Waals surface area contributed by atoms with E-state index in [-0.39, 0.29) is 24.0 Å². The van der Waals surface area contributed by atoms with Gasteiger partial charge in [-0.1, -0.05) is 0 Å². The Morgan fingerprint density at radius 1 is 1.17 bits per heavy atom. The molecule has 0 aromatic heterocycles. The number of carbonyl (C=O) groups excluding carboxylic acids is 3. The molecular formula is C16H23FN4O3. The predicted molar refractivity (Wildman–Crippen MR) is 90.2 cm³/mol. The Hall–Kier alpha value is -2.64. The molecule has 0 aliphatic carbocycles. The van der Waals surface area contributed by atoms with Crippen LogP contribution < -0.4 is 16.0 Å². The first-order valence-electron chi connectivity index (χ1n) is 7.38. The van der Waals surface area contributed by atoms with E-state index in [1.807, 2.05) is 20.8 Å². The molecule has 24 heavy (non-hydrogen) atoms. The number of anilines is 2. The normalized spacial score (nSPS) is 10.8. The average Bonchev–Trinajstić information content (AvgIpc) is 2.39. The molecular weight excluding hydrogens is 315 g/mol. The van der Waals surface area contributed by atoms with E-state index >= 15 is 0 Å². The number of carbonyl (C=O) groups is 3. The summed E-state index contributed by atoms with van der Waals surface area (Å²) in [5.74, 6) is -1.28. The number of amides is 4. The highest BCUT2D eigenvalue weighted by atomic mass is 19.1. The van der Waals surface area contributed by atoms with Crippen LogP contribution in [0.2, 0.25) is 0 Å². The van der Waals surface area contributed by atoms with E-state index in [0.29, 0.717) is 5.69 Å². The summed E-state index contributed by atoms with van der Waals surface area (Å²) in [6.45, 7) is 6.63. The quantitative estimate of drug-likeness (QED) is 0.786. The van der Waals surface area contributed by atoms with Crippen molar-refractivity contribution in [1.29, 1.82) is 0 Å². The van der Waals surface area contributed by atoms with Gasteiger partial charge in [0.15, 0.2) is 0 Å². The van der Waals surface area contributed by atoms with Gasteiger partial charge in [0.05, 0.1) is 5.69 Å². The van der Waals surface area contributed by atoms with Crippen LogP contribution in [0.25, 0.3) is 0 Å². The molecule has 0 aliphatic heterocycles. The molecule has 0 unspecified atom stereocenters. The van der Waals surface area contributed by atoms with Gasteiger partial charge in [-0.2, -0.15) is 0 Å². The molecule has 0 heterocycles. The number of nitrogens with zero attached hydrogens (tertiary/aromatic N) is 1. The lowest BCUT2D eigenvalue weighted by molar-refractivity contribution is -0.122. The largest absolute Gasteiger partial charge is 0.350 e. The summed E-state index contributed by atoms with van der Waals surface area (Å²) in [6, 6.07) is 3.18. The standard InChI is InChI=1S/C16H23FN4O3/c1-10(22)18-11-6-7-12(17)13(8-11)19-15(24)21(5)9-14(23)20-16(2,3)4/h6-8H,9H2,1-5H3,(H,18,22)(H,19,24)(H,20,23). The van der Waals surface area contributed by atoms with Gasteiger partial charge in [-0.05, 0) is 39.0 Å². The van der Waals surface area contributed by atoms with Crippen LogP contribution in [0.3, 0.4) is 0 Å². The van der Waals surface area contributed by atoms with Crippen LogP contribution in [0.5, 0.6) is 0 Å². The van der Waals surface area contributed by atoms with Crippen molar-refractivity contribution in [3.63, 3.8) is 0 Å². The van der Waals surface area contributed by atoms with Gasteiger partial charge in [-0.3, -0.25) is 9.59 Å². The van der Waals surface area contributed by atoms with E-state index in [1.54, 1.807) is 0 Å². The first kappa shape index (κ1) is 19.4. The highest BCUT2D eigenvalue weighted by molar-refractivity contribution is 5.94. The maximum absolute atomic E-state index is 13.8. The molecule has 132 valence electrons. The Morgan fingerprint density at radius 3 is 2.33 bits per heavy atom. The molecule has 1 aromatic rings. The van der Waals surface area contributed by atoms with Crippen LogP contribution >= 0.6 is 0 Å². The second kappa shape index (κ2) is 7.76. The van der Waals surface area contributed by atoms with E-state index in [2.05, 4.69) is 16.0 Å². The van der Waals surface area contributed by atoms with Crippen LogP contribution in [-0.4, -0.2) is 41.9 Å². The van der Waals surface area contributed by atoms with Crippen molar-refractivity contribution >= 4 is 29.2 Å². The Morgan fingerprint density at radius 2 is 1.79 bits per heavy atom. The Kier molecular flexibility index (Phi) is 6.27. The molecule has 0 fully saturated rings. The van der Waals surface area contributed by atoms with Gasteiger partial charge >= 0.3 is 6.03 Å². The van der Waals surface area contributed by atoms with Gasteiger partial charge in [-0.25, -0.2) is 9.18 Å². The maximum atomic E-state index is 13.8. The topological polar surface area (TPSA) is 90.5 Å². The smallest absolute Gasteiger partial charge is 0.322 e. The lowest BCUT2D eigenvalue weighted by Gasteiger charge is -2.23. The lowest BCUT2D eigenvalue weighted by atomic mass is 10.1. The number of urea groups is 1. The second-order valence-corrected chi connectivity index (χ2v) is 6.46. The first-order valence-corrected chi connectivity index (χ1v) is 7.38. The Bertz CT molecular complexity index is 641. The van der Waals surface area contributed by atoms with Crippen LogP contribution in [0.4, 0.5) is 20.6 Å². The minimum atomic E-state index is -0.648. The Balaban J connectivity index is 2.73. The minimum Gasteiger partial charge on any atom is -0.350 e. The monoisotopic (exact) mass is 338 g/mol. The number of benzene rings is 1. The fraction of sp³-hybridized carbons (Fsp3) is 0.438. The SMILES string of the molecule is CC(=O)Nc1ccc(F)c(NC(=O)N(C)CC(=O)NC(C)(C)C)c1. The van der Waals surface area contributed by atoms with Crippen molar-refractivity contribution in [3.8, 4) is 0 Å². The zero-order valence-corrected chi connectivity index (χ0v) is 14.5. The molecule has 3 N–H and O–H groups in total. The summed E-state index contributed by atoms with van der Waals surface area (Å²) in [6.07, 6.45) is 0. The van der Waals surface area contributed by atoms with Crippen LogP contribution in [-0.2, 0) is 9.59 Å². The van der Waals surface area contributed by atoms with Crippen molar-refractivity contribution in [1.82, 2.24) is 10.2 Å². The van der Waals surface area contributed by atoms with E-state index in [4.69, 9.17) is 0 Å². The van der Waals surface area contributed by atoms with Crippen LogP contribution in [0, 0.1) is 5.82 Å². The fourth-order valence-electron chi connectivity index (χ4n) is 1.86. The van der Waals surface area contributed by atoms with Crippen molar-refractivity contribution in [2.24, 2.45) is 0 Å². The van der Waals surface area contributed by atoms with Crippen LogP contribution in [0.15, 0.2) is 18.2 Å². The molecule has 4 amide bonds. The average molecular weight is 338 g/mol. The zero-order valence-electron chi connectivity index (χ0n) is 14.5. The van der Waals surface area contributed by atoms with Crippen molar-refractivity contribution in [2.45, 2.75) is 33.2 Å². The predicted octanol–water partition coefficient (Wildman–Crippen LogP) is 2.16. The third-order valence-corrected chi connectivity index (χ3v) is 2.77. The number of nitrogens with one attached hydrogen (secondary N) is 3. The summed E-state index contributed by atoms with van der Waals surface area (Å²) >= 11 is 0. The van der Waals surface area contributed by atoms with E-state index in [1.165, 1.54) is 26.1 Å². The van der Waals surface area contributed by atoms with Crippen molar-refractivity contribution in [3.05, 3.63) is 24.0 Å². The fourth-order valence-corrected chi connectivity index (χ4v) is 1.86. The molecule has 0 aliphatic rings. The summed E-state index contributed by atoms with van der Waals surface area (Å²) in [5, 5.41) is 7.60. The molecule has 0 radical (unpaired) electrons. The molecule has 0 bridgehead atoms. The van der Waals surface area contributed by atoms with E-state index in [9.17, 15) is 18.8 Å². The molecule has 0 spiro atoms. The number of hydrogen-bond acceptors (Lipinski definition) is 3. The number of rotatable bonds is 4. The lowest BCUT2D eigenvalue weighted by Crippen LogP contribution is -2.47. The van der Waals surface area contributed by atoms with Gasteiger partial charge < -0.3 is 20.9 Å². The number of hydrogen-bond donors (Lipinski definition) is 3. The first-order chi connectivity index (χ1) is 11.0. The van der Waals surface area contributed by atoms with Gasteiger partial charge in [0.2, 0.25) is 11.8 Å². The molecule has 1 rings (SSSR count). The summed E-state index contributed by atoms with van der Waals surface area (Å²) in [7, 11) is 1.42. The molecule has 8 heteroatoms. The minimum absolute atomic E-state index is 0.0886. The number of likely N-dealkylation sites (N-methyl/N-ethyl adjacent to an activating group) is 1. The zero-order chi connectivity index (χ0) is 18.5. The van der Waals surface area contributed by atoms with E-state index < -0.39 is 17.4 Å². The molecule has 1 aromatic carbocycles. The van der Waals surface area contributed by atoms with E-state index in [0.717, 1.165) is 11.0 Å². The highest BCUT2D eigenvalue weighted by Crippen LogP contribution is 2.20.